The molecule has 1 aliphatic rings. The Morgan fingerprint density at radius 3 is 2.92 bits per heavy atom. The summed E-state index contributed by atoms with van der Waals surface area (Å²) < 4.78 is 5.84. The van der Waals surface area contributed by atoms with E-state index in [0.29, 0.717) is 0 Å². The summed E-state index contributed by atoms with van der Waals surface area (Å²) in [7, 11) is -0.902. The van der Waals surface area contributed by atoms with E-state index in [9.17, 15) is 0 Å². The Kier molecular flexibility index (Phi) is 5.40. The van der Waals surface area contributed by atoms with Crippen LogP contribution in [-0.4, -0.2) is 15.6 Å². The summed E-state index contributed by atoms with van der Waals surface area (Å²) in [5, 5.41) is 1.59. The highest BCUT2D eigenvalue weighted by atomic mass is 28.3. The van der Waals surface area contributed by atoms with Crippen molar-refractivity contribution in [3.05, 3.63) is 11.3 Å². The van der Waals surface area contributed by atoms with Gasteiger partial charge in [0.25, 0.3) is 0 Å². The van der Waals surface area contributed by atoms with Gasteiger partial charge in [0.1, 0.15) is 0 Å². The molecule has 1 heterocycles. The second-order valence-electron chi connectivity index (χ2n) is 3.95. The summed E-state index contributed by atoms with van der Waals surface area (Å²) in [6.07, 6.45) is 9.00. The number of hydrogen-bond donors (Lipinski definition) is 0. The van der Waals surface area contributed by atoms with Gasteiger partial charge in [-0.3, -0.25) is 0 Å². The summed E-state index contributed by atoms with van der Waals surface area (Å²) in [5.41, 5.74) is 0. The van der Waals surface area contributed by atoms with Crippen LogP contribution in [0.1, 0.15) is 46.0 Å². The van der Waals surface area contributed by atoms with Crippen LogP contribution in [0.15, 0.2) is 11.3 Å². The van der Waals surface area contributed by atoms with Crippen molar-refractivity contribution in [3.8, 4) is 0 Å². The standard InChI is InChI=1S/C11H22OSi/c1-3-4-5-8-11(2)13-10-7-6-9-12-13/h8,13H,3-7,9-10H2,1-2H3. The molecule has 1 nitrogen and oxygen atoms in total. The molecule has 76 valence electrons. The topological polar surface area (TPSA) is 9.23 Å². The fraction of sp³-hybridized carbons (Fsp3) is 0.818. The van der Waals surface area contributed by atoms with Gasteiger partial charge in [-0.05, 0) is 25.8 Å². The van der Waals surface area contributed by atoms with Crippen molar-refractivity contribution in [2.75, 3.05) is 6.61 Å². The van der Waals surface area contributed by atoms with Gasteiger partial charge < -0.3 is 4.43 Å². The Morgan fingerprint density at radius 2 is 2.31 bits per heavy atom. The van der Waals surface area contributed by atoms with Gasteiger partial charge in [-0.25, -0.2) is 0 Å². The summed E-state index contributed by atoms with van der Waals surface area (Å²) in [6, 6.07) is 1.37. The molecule has 2 heteroatoms. The minimum absolute atomic E-state index is 0.902. The summed E-state index contributed by atoms with van der Waals surface area (Å²) in [4.78, 5) is 0. The lowest BCUT2D eigenvalue weighted by Gasteiger charge is -2.21. The molecule has 0 aromatic rings. The molecule has 1 unspecified atom stereocenters. The van der Waals surface area contributed by atoms with Gasteiger partial charge in [-0.2, -0.15) is 0 Å². The van der Waals surface area contributed by atoms with Gasteiger partial charge >= 0.3 is 0 Å². The largest absolute Gasteiger partial charge is 0.416 e. The normalized spacial score (nSPS) is 24.8. The second-order valence-corrected chi connectivity index (χ2v) is 6.74. The van der Waals surface area contributed by atoms with Gasteiger partial charge in [0.15, 0.2) is 0 Å². The number of allylic oxidation sites excluding steroid dienone is 2. The molecular weight excluding hydrogens is 176 g/mol. The van der Waals surface area contributed by atoms with E-state index in [-0.39, 0.29) is 0 Å². The van der Waals surface area contributed by atoms with Gasteiger partial charge in [0.05, 0.1) is 0 Å². The van der Waals surface area contributed by atoms with Crippen LogP contribution in [-0.2, 0) is 4.43 Å². The Bertz CT molecular complexity index is 159. The first kappa shape index (κ1) is 11.0. The molecule has 0 bridgehead atoms. The highest BCUT2D eigenvalue weighted by Crippen LogP contribution is 2.17. The molecule has 0 aromatic carbocycles. The van der Waals surface area contributed by atoms with E-state index in [0.717, 1.165) is 6.61 Å². The van der Waals surface area contributed by atoms with Gasteiger partial charge in [-0.15, -0.1) is 0 Å². The molecule has 0 radical (unpaired) electrons. The first-order valence-electron chi connectivity index (χ1n) is 5.63. The maximum Gasteiger partial charge on any atom is 0.203 e. The van der Waals surface area contributed by atoms with E-state index in [2.05, 4.69) is 19.9 Å². The molecule has 0 amide bonds. The quantitative estimate of drug-likeness (QED) is 0.498. The van der Waals surface area contributed by atoms with Crippen LogP contribution >= 0.6 is 0 Å². The Morgan fingerprint density at radius 1 is 1.46 bits per heavy atom. The number of unbranched alkanes of at least 4 members (excludes halogenated alkanes) is 2. The fourth-order valence-electron chi connectivity index (χ4n) is 1.77. The minimum atomic E-state index is -0.902. The molecule has 0 aliphatic carbocycles. The highest BCUT2D eigenvalue weighted by molar-refractivity contribution is 6.60. The lowest BCUT2D eigenvalue weighted by atomic mass is 10.2. The molecule has 0 saturated carbocycles. The van der Waals surface area contributed by atoms with Gasteiger partial charge in [-0.1, -0.05) is 37.5 Å². The Labute approximate surface area is 83.9 Å². The van der Waals surface area contributed by atoms with Gasteiger partial charge in [0.2, 0.25) is 9.04 Å². The minimum Gasteiger partial charge on any atom is -0.416 e. The van der Waals surface area contributed by atoms with Crippen molar-refractivity contribution in [1.29, 1.82) is 0 Å². The van der Waals surface area contributed by atoms with Crippen LogP contribution in [0.5, 0.6) is 0 Å². The van der Waals surface area contributed by atoms with Crippen LogP contribution in [0.3, 0.4) is 0 Å². The van der Waals surface area contributed by atoms with Crippen molar-refractivity contribution in [2.45, 2.75) is 52.0 Å². The molecule has 1 saturated heterocycles. The van der Waals surface area contributed by atoms with Crippen molar-refractivity contribution in [1.82, 2.24) is 0 Å². The van der Waals surface area contributed by atoms with Crippen molar-refractivity contribution in [3.63, 3.8) is 0 Å². The lowest BCUT2D eigenvalue weighted by molar-refractivity contribution is 0.292. The monoisotopic (exact) mass is 198 g/mol. The molecule has 0 spiro atoms. The van der Waals surface area contributed by atoms with Crippen molar-refractivity contribution >= 4 is 9.04 Å². The smallest absolute Gasteiger partial charge is 0.203 e. The summed E-state index contributed by atoms with van der Waals surface area (Å²) >= 11 is 0. The second kappa shape index (κ2) is 6.38. The van der Waals surface area contributed by atoms with Crippen LogP contribution in [0.25, 0.3) is 0 Å². The first-order chi connectivity index (χ1) is 6.34. The average molecular weight is 198 g/mol. The third-order valence-corrected chi connectivity index (χ3v) is 5.53. The van der Waals surface area contributed by atoms with Crippen molar-refractivity contribution < 1.29 is 4.43 Å². The van der Waals surface area contributed by atoms with Crippen LogP contribution in [0, 0.1) is 0 Å². The van der Waals surface area contributed by atoms with E-state index < -0.39 is 9.04 Å². The third kappa shape index (κ3) is 4.10. The SMILES string of the molecule is CCCCC=C(C)[SiH]1CCCCO1. The van der Waals surface area contributed by atoms with E-state index in [4.69, 9.17) is 4.43 Å². The van der Waals surface area contributed by atoms with Crippen LogP contribution < -0.4 is 0 Å². The van der Waals surface area contributed by atoms with E-state index in [1.165, 1.54) is 38.1 Å². The molecule has 1 fully saturated rings. The molecule has 0 aromatic heterocycles. The van der Waals surface area contributed by atoms with Crippen LogP contribution in [0.2, 0.25) is 6.04 Å². The molecular formula is C11H22OSi. The van der Waals surface area contributed by atoms with Crippen LogP contribution in [0.4, 0.5) is 0 Å². The maximum atomic E-state index is 5.84. The van der Waals surface area contributed by atoms with E-state index in [1.807, 2.05) is 0 Å². The zero-order valence-corrected chi connectivity index (χ0v) is 10.2. The lowest BCUT2D eigenvalue weighted by Crippen LogP contribution is -2.24. The molecule has 1 rings (SSSR count). The zero-order valence-electron chi connectivity index (χ0n) is 9.01. The predicted molar refractivity (Wildman–Crippen MR) is 60.4 cm³/mol. The van der Waals surface area contributed by atoms with Crippen molar-refractivity contribution in [2.24, 2.45) is 0 Å². The highest BCUT2D eigenvalue weighted by Gasteiger charge is 2.17. The predicted octanol–water partition coefficient (Wildman–Crippen LogP) is 3.20. The molecule has 1 aliphatic heterocycles. The zero-order chi connectivity index (χ0) is 9.52. The average Bonchev–Trinajstić information content (AvgIpc) is 2.19. The maximum absolute atomic E-state index is 5.84. The fourth-order valence-corrected chi connectivity index (χ4v) is 4.19. The third-order valence-electron chi connectivity index (χ3n) is 2.71. The summed E-state index contributed by atoms with van der Waals surface area (Å²) in [6.45, 7) is 5.55. The molecule has 0 N–H and O–H groups in total. The van der Waals surface area contributed by atoms with E-state index >= 15 is 0 Å². The summed E-state index contributed by atoms with van der Waals surface area (Å²) in [5.74, 6) is 0. The number of rotatable bonds is 4. The first-order valence-corrected chi connectivity index (χ1v) is 7.49. The van der Waals surface area contributed by atoms with Gasteiger partial charge in [0, 0.05) is 6.61 Å². The number of hydrogen-bond acceptors (Lipinski definition) is 1. The Balaban J connectivity index is 2.27. The Hall–Kier alpha value is -0.0831. The molecule has 1 atom stereocenters. The van der Waals surface area contributed by atoms with E-state index in [1.54, 1.807) is 5.20 Å². The molecule has 13 heavy (non-hydrogen) atoms.